The fraction of sp³-hybridized carbons (Fsp3) is 0.235. The number of hydrogen-bond acceptors (Lipinski definition) is 2. The van der Waals surface area contributed by atoms with E-state index < -0.39 is 6.10 Å². The van der Waals surface area contributed by atoms with Crippen LogP contribution in [0.4, 0.5) is 0 Å². The van der Waals surface area contributed by atoms with Crippen LogP contribution < -0.4 is 10.1 Å². The van der Waals surface area contributed by atoms with Crippen LogP contribution >= 0.6 is 34.8 Å². The third kappa shape index (κ3) is 5.31. The molecule has 0 saturated carbocycles. The first-order valence-corrected chi connectivity index (χ1v) is 8.27. The lowest BCUT2D eigenvalue weighted by molar-refractivity contribution is -0.128. The van der Waals surface area contributed by atoms with Gasteiger partial charge in [-0.2, -0.15) is 0 Å². The Morgan fingerprint density at radius 2 is 1.87 bits per heavy atom. The summed E-state index contributed by atoms with van der Waals surface area (Å²) >= 11 is 17.9. The van der Waals surface area contributed by atoms with Crippen LogP contribution in [0.15, 0.2) is 42.5 Å². The highest BCUT2D eigenvalue weighted by atomic mass is 35.5. The van der Waals surface area contributed by atoms with Gasteiger partial charge < -0.3 is 10.1 Å². The second-order valence-electron chi connectivity index (χ2n) is 4.93. The molecule has 1 unspecified atom stereocenters. The zero-order chi connectivity index (χ0) is 16.8. The van der Waals surface area contributed by atoms with Gasteiger partial charge >= 0.3 is 0 Å². The summed E-state index contributed by atoms with van der Waals surface area (Å²) in [7, 11) is 0. The number of halogens is 3. The maximum absolute atomic E-state index is 12.3. The summed E-state index contributed by atoms with van der Waals surface area (Å²) in [6, 6.07) is 12.1. The van der Waals surface area contributed by atoms with Crippen molar-refractivity contribution in [3.8, 4) is 5.75 Å². The second kappa shape index (κ2) is 8.44. The maximum atomic E-state index is 12.3. The molecule has 0 saturated heterocycles. The summed E-state index contributed by atoms with van der Waals surface area (Å²) in [4.78, 5) is 12.3. The van der Waals surface area contributed by atoms with Crippen LogP contribution in [0.5, 0.6) is 5.75 Å². The van der Waals surface area contributed by atoms with Crippen LogP contribution in [0.2, 0.25) is 15.1 Å². The molecule has 0 radical (unpaired) electrons. The minimum atomic E-state index is -0.598. The van der Waals surface area contributed by atoms with Gasteiger partial charge in [0.05, 0.1) is 0 Å². The van der Waals surface area contributed by atoms with Gasteiger partial charge in [-0.3, -0.25) is 4.79 Å². The van der Waals surface area contributed by atoms with Gasteiger partial charge in [-0.15, -0.1) is 0 Å². The van der Waals surface area contributed by atoms with Crippen LogP contribution in [0, 0.1) is 0 Å². The predicted octanol–water partition coefficient (Wildman–Crippen LogP) is 5.12. The van der Waals surface area contributed by atoms with Crippen molar-refractivity contribution < 1.29 is 9.53 Å². The molecule has 0 bridgehead atoms. The van der Waals surface area contributed by atoms with Crippen LogP contribution in [-0.2, 0) is 11.3 Å². The van der Waals surface area contributed by atoms with Crippen molar-refractivity contribution in [2.24, 2.45) is 0 Å². The van der Waals surface area contributed by atoms with E-state index in [-0.39, 0.29) is 5.91 Å². The molecule has 0 aliphatic heterocycles. The molecular formula is C17H16Cl3NO2. The molecule has 0 aliphatic carbocycles. The zero-order valence-corrected chi connectivity index (χ0v) is 14.8. The van der Waals surface area contributed by atoms with Crippen molar-refractivity contribution in [2.75, 3.05) is 0 Å². The lowest BCUT2D eigenvalue weighted by atomic mass is 10.2. The lowest BCUT2D eigenvalue weighted by Gasteiger charge is -2.17. The summed E-state index contributed by atoms with van der Waals surface area (Å²) in [5.41, 5.74) is 0.794. The van der Waals surface area contributed by atoms with Gasteiger partial charge in [-0.25, -0.2) is 0 Å². The Morgan fingerprint density at radius 1 is 1.13 bits per heavy atom. The molecule has 0 spiro atoms. The van der Waals surface area contributed by atoms with Gasteiger partial charge in [0.25, 0.3) is 5.91 Å². The van der Waals surface area contributed by atoms with Gasteiger partial charge in [-0.05, 0) is 42.3 Å². The maximum Gasteiger partial charge on any atom is 0.261 e. The number of rotatable bonds is 6. The van der Waals surface area contributed by atoms with Crippen LogP contribution in [-0.4, -0.2) is 12.0 Å². The first-order valence-electron chi connectivity index (χ1n) is 7.13. The molecule has 122 valence electrons. The van der Waals surface area contributed by atoms with E-state index in [1.807, 2.05) is 6.92 Å². The van der Waals surface area contributed by atoms with Crippen molar-refractivity contribution in [3.63, 3.8) is 0 Å². The third-order valence-electron chi connectivity index (χ3n) is 3.21. The molecule has 1 amide bonds. The smallest absolute Gasteiger partial charge is 0.261 e. The highest BCUT2D eigenvalue weighted by molar-refractivity contribution is 6.35. The Bertz CT molecular complexity index is 691. The van der Waals surface area contributed by atoms with Gasteiger partial charge in [-0.1, -0.05) is 53.9 Å². The SMILES string of the molecule is CCC(Oc1cccc(Cl)c1)C(=O)NCc1ccc(Cl)cc1Cl. The second-order valence-corrected chi connectivity index (χ2v) is 6.21. The minimum absolute atomic E-state index is 0.210. The molecule has 1 N–H and O–H groups in total. The Balaban J connectivity index is 1.97. The van der Waals surface area contributed by atoms with E-state index in [9.17, 15) is 4.79 Å². The molecule has 2 aromatic rings. The van der Waals surface area contributed by atoms with Crippen LogP contribution in [0.3, 0.4) is 0 Å². The van der Waals surface area contributed by atoms with Crippen molar-refractivity contribution in [3.05, 3.63) is 63.1 Å². The van der Waals surface area contributed by atoms with E-state index in [0.717, 1.165) is 5.56 Å². The predicted molar refractivity (Wildman–Crippen MR) is 94.5 cm³/mol. The monoisotopic (exact) mass is 371 g/mol. The Morgan fingerprint density at radius 3 is 2.52 bits per heavy atom. The quantitative estimate of drug-likeness (QED) is 0.764. The van der Waals surface area contributed by atoms with Gasteiger partial charge in [0, 0.05) is 21.6 Å². The van der Waals surface area contributed by atoms with Crippen LogP contribution in [0.1, 0.15) is 18.9 Å². The first kappa shape index (κ1) is 17.9. The largest absolute Gasteiger partial charge is 0.481 e. The van der Waals surface area contributed by atoms with Crippen molar-refractivity contribution in [1.29, 1.82) is 0 Å². The standard InChI is InChI=1S/C17H16Cl3NO2/c1-2-16(23-14-5-3-4-12(18)8-14)17(22)21-10-11-6-7-13(19)9-15(11)20/h3-9,16H,2,10H2,1H3,(H,21,22). The summed E-state index contributed by atoms with van der Waals surface area (Å²) in [5, 5.41) is 4.45. The molecule has 2 rings (SSSR count). The molecule has 0 aromatic heterocycles. The summed E-state index contributed by atoms with van der Waals surface area (Å²) in [5.74, 6) is 0.350. The molecule has 0 aliphatic rings. The summed E-state index contributed by atoms with van der Waals surface area (Å²) < 4.78 is 5.69. The van der Waals surface area contributed by atoms with E-state index in [0.29, 0.717) is 33.8 Å². The van der Waals surface area contributed by atoms with E-state index >= 15 is 0 Å². The zero-order valence-electron chi connectivity index (χ0n) is 12.5. The molecule has 2 aromatic carbocycles. The number of carbonyl (C=O) groups excluding carboxylic acids is 1. The van der Waals surface area contributed by atoms with Crippen molar-refractivity contribution in [2.45, 2.75) is 26.0 Å². The Labute approximate surface area is 150 Å². The van der Waals surface area contributed by atoms with E-state index in [4.69, 9.17) is 39.5 Å². The lowest BCUT2D eigenvalue weighted by Crippen LogP contribution is -2.37. The van der Waals surface area contributed by atoms with Gasteiger partial charge in [0.2, 0.25) is 0 Å². The molecule has 23 heavy (non-hydrogen) atoms. The highest BCUT2D eigenvalue weighted by Crippen LogP contribution is 2.21. The third-order valence-corrected chi connectivity index (χ3v) is 4.03. The first-order chi connectivity index (χ1) is 11.0. The van der Waals surface area contributed by atoms with Gasteiger partial charge in [0.1, 0.15) is 5.75 Å². The van der Waals surface area contributed by atoms with E-state index in [1.165, 1.54) is 0 Å². The molecule has 3 nitrogen and oxygen atoms in total. The van der Waals surface area contributed by atoms with E-state index in [1.54, 1.807) is 42.5 Å². The topological polar surface area (TPSA) is 38.3 Å². The van der Waals surface area contributed by atoms with Crippen molar-refractivity contribution >= 4 is 40.7 Å². The Kier molecular flexibility index (Phi) is 6.58. The number of ether oxygens (including phenoxy) is 1. The van der Waals surface area contributed by atoms with Gasteiger partial charge in [0.15, 0.2) is 6.10 Å². The fourth-order valence-electron chi connectivity index (χ4n) is 1.99. The number of amides is 1. The fourth-order valence-corrected chi connectivity index (χ4v) is 2.64. The summed E-state index contributed by atoms with van der Waals surface area (Å²) in [6.45, 7) is 2.19. The Hall–Kier alpha value is -1.42. The molecule has 0 heterocycles. The average Bonchev–Trinajstić information content (AvgIpc) is 2.51. The summed E-state index contributed by atoms with van der Waals surface area (Å²) in [6.07, 6.45) is -0.0632. The van der Waals surface area contributed by atoms with Crippen LogP contribution in [0.25, 0.3) is 0 Å². The number of nitrogens with one attached hydrogen (secondary N) is 1. The molecule has 0 fully saturated rings. The highest BCUT2D eigenvalue weighted by Gasteiger charge is 2.18. The number of carbonyl (C=O) groups is 1. The normalized spacial score (nSPS) is 11.8. The van der Waals surface area contributed by atoms with E-state index in [2.05, 4.69) is 5.32 Å². The molecule has 6 heteroatoms. The minimum Gasteiger partial charge on any atom is -0.481 e. The molecular weight excluding hydrogens is 357 g/mol. The van der Waals surface area contributed by atoms with Crippen molar-refractivity contribution in [1.82, 2.24) is 5.32 Å². The molecule has 1 atom stereocenters. The number of benzene rings is 2. The average molecular weight is 373 g/mol. The number of hydrogen-bond donors (Lipinski definition) is 1.